The largest absolute Gasteiger partial charge is 0.494 e. The van der Waals surface area contributed by atoms with Gasteiger partial charge < -0.3 is 9.84 Å². The molecule has 1 N–H and O–H groups in total. The van der Waals surface area contributed by atoms with Crippen molar-refractivity contribution in [1.29, 1.82) is 0 Å². The van der Waals surface area contributed by atoms with Gasteiger partial charge in [-0.2, -0.15) is 10.2 Å². The van der Waals surface area contributed by atoms with E-state index in [2.05, 4.69) is 10.2 Å². The summed E-state index contributed by atoms with van der Waals surface area (Å²) in [5.74, 6) is 0.0352. The number of carboxylic acid groups (broad SMARTS) is 1. The molecule has 0 aromatic heterocycles. The summed E-state index contributed by atoms with van der Waals surface area (Å²) in [7, 11) is 0. The molecule has 5 heteroatoms. The lowest BCUT2D eigenvalue weighted by Crippen LogP contribution is -1.98. The van der Waals surface area contributed by atoms with Gasteiger partial charge in [0.15, 0.2) is 0 Å². The van der Waals surface area contributed by atoms with Crippen molar-refractivity contribution in [3.63, 3.8) is 0 Å². The molecule has 2 rings (SSSR count). The number of carbonyl (C=O) groups is 1. The Morgan fingerprint density at radius 1 is 0.870 bits per heavy atom. The molecule has 0 bridgehead atoms. The highest BCUT2D eigenvalue weighted by Crippen LogP contribution is 2.21. The van der Waals surface area contributed by atoms with Gasteiger partial charge in [-0.3, -0.25) is 4.79 Å². The van der Waals surface area contributed by atoms with Gasteiger partial charge in [0.25, 0.3) is 0 Å². The maximum atomic E-state index is 10.4. The predicted molar refractivity (Wildman–Crippen MR) is 88.7 cm³/mol. The summed E-state index contributed by atoms with van der Waals surface area (Å²) in [4.78, 5) is 10.4. The maximum absolute atomic E-state index is 10.4. The van der Waals surface area contributed by atoms with Gasteiger partial charge in [-0.1, -0.05) is 18.2 Å². The zero-order valence-electron chi connectivity index (χ0n) is 12.9. The van der Waals surface area contributed by atoms with Crippen molar-refractivity contribution >= 4 is 17.3 Å². The van der Waals surface area contributed by atoms with Gasteiger partial charge in [0, 0.05) is 6.42 Å². The van der Waals surface area contributed by atoms with Crippen LogP contribution in [0.2, 0.25) is 0 Å². The molecule has 23 heavy (non-hydrogen) atoms. The van der Waals surface area contributed by atoms with Gasteiger partial charge in [-0.15, -0.1) is 0 Å². The number of rotatable bonds is 9. The van der Waals surface area contributed by atoms with Gasteiger partial charge in [0.05, 0.1) is 18.0 Å². The van der Waals surface area contributed by atoms with Crippen molar-refractivity contribution in [2.75, 3.05) is 6.61 Å². The third-order valence-electron chi connectivity index (χ3n) is 3.18. The van der Waals surface area contributed by atoms with Crippen LogP contribution >= 0.6 is 0 Å². The highest BCUT2D eigenvalue weighted by molar-refractivity contribution is 5.66. The molecule has 0 spiro atoms. The average molecular weight is 312 g/mol. The lowest BCUT2D eigenvalue weighted by molar-refractivity contribution is -0.137. The first-order chi connectivity index (χ1) is 11.2. The van der Waals surface area contributed by atoms with Crippen molar-refractivity contribution in [3.8, 4) is 5.75 Å². The summed E-state index contributed by atoms with van der Waals surface area (Å²) >= 11 is 0. The lowest BCUT2D eigenvalue weighted by Gasteiger charge is -2.05. The number of unbranched alkanes of at least 4 members (excludes halogenated alkanes) is 2. The van der Waals surface area contributed by atoms with Gasteiger partial charge in [0.2, 0.25) is 0 Å². The first-order valence-electron chi connectivity index (χ1n) is 7.65. The standard InChI is InChI=1S/C18H20N2O3/c21-18(22)9-5-2-6-14-23-17-12-10-16(11-13-17)20-19-15-7-3-1-4-8-15/h1,3-4,7-8,10-13H,2,5-6,9,14H2,(H,21,22). The number of nitrogens with zero attached hydrogens (tertiary/aromatic N) is 2. The van der Waals surface area contributed by atoms with Crippen molar-refractivity contribution in [2.45, 2.75) is 25.7 Å². The fourth-order valence-electron chi connectivity index (χ4n) is 1.96. The van der Waals surface area contributed by atoms with E-state index in [0.29, 0.717) is 13.0 Å². The Labute approximate surface area is 135 Å². The van der Waals surface area contributed by atoms with Crippen molar-refractivity contribution < 1.29 is 14.6 Å². The Morgan fingerprint density at radius 2 is 1.52 bits per heavy atom. The monoisotopic (exact) mass is 312 g/mol. The van der Waals surface area contributed by atoms with E-state index >= 15 is 0 Å². The lowest BCUT2D eigenvalue weighted by atomic mass is 10.2. The first kappa shape index (κ1) is 16.7. The van der Waals surface area contributed by atoms with Crippen LogP contribution in [0.3, 0.4) is 0 Å². The van der Waals surface area contributed by atoms with Crippen LogP contribution in [0.5, 0.6) is 5.75 Å². The van der Waals surface area contributed by atoms with Crippen molar-refractivity contribution in [2.24, 2.45) is 10.2 Å². The van der Waals surface area contributed by atoms with Crippen LogP contribution in [0, 0.1) is 0 Å². The number of carboxylic acids is 1. The summed E-state index contributed by atoms with van der Waals surface area (Å²) in [6.45, 7) is 0.588. The molecule has 0 aliphatic heterocycles. The fraction of sp³-hybridized carbons (Fsp3) is 0.278. The van der Waals surface area contributed by atoms with Crippen molar-refractivity contribution in [3.05, 3.63) is 54.6 Å². The van der Waals surface area contributed by atoms with E-state index in [-0.39, 0.29) is 6.42 Å². The molecule has 0 saturated heterocycles. The van der Waals surface area contributed by atoms with Crippen LogP contribution in [0.1, 0.15) is 25.7 Å². The molecule has 2 aromatic rings. The summed E-state index contributed by atoms with van der Waals surface area (Å²) in [5, 5.41) is 16.9. The zero-order valence-corrected chi connectivity index (χ0v) is 12.9. The number of ether oxygens (including phenoxy) is 1. The maximum Gasteiger partial charge on any atom is 0.303 e. The highest BCUT2D eigenvalue weighted by atomic mass is 16.5. The molecule has 5 nitrogen and oxygen atoms in total. The molecule has 0 amide bonds. The average Bonchev–Trinajstić information content (AvgIpc) is 2.58. The molecule has 0 heterocycles. The summed E-state index contributed by atoms with van der Waals surface area (Å²) in [5.41, 5.74) is 1.58. The molecular formula is C18H20N2O3. The predicted octanol–water partition coefficient (Wildman–Crippen LogP) is 5.13. The van der Waals surface area contributed by atoms with Gasteiger partial charge in [0.1, 0.15) is 5.75 Å². The second-order valence-corrected chi connectivity index (χ2v) is 5.08. The highest BCUT2D eigenvalue weighted by Gasteiger charge is 1.98. The molecular weight excluding hydrogens is 292 g/mol. The molecule has 0 aliphatic carbocycles. The van der Waals surface area contributed by atoms with Crippen LogP contribution in [0.25, 0.3) is 0 Å². The van der Waals surface area contributed by atoms with Gasteiger partial charge in [-0.05, 0) is 55.7 Å². The van der Waals surface area contributed by atoms with Crippen LogP contribution in [0.4, 0.5) is 11.4 Å². The number of aliphatic carboxylic acids is 1. The smallest absolute Gasteiger partial charge is 0.303 e. The number of azo groups is 1. The quantitative estimate of drug-likeness (QED) is 0.515. The number of hydrogen-bond acceptors (Lipinski definition) is 4. The minimum Gasteiger partial charge on any atom is -0.494 e. The molecule has 0 saturated carbocycles. The van der Waals surface area contributed by atoms with Crippen molar-refractivity contribution in [1.82, 2.24) is 0 Å². The van der Waals surface area contributed by atoms with Crippen LogP contribution < -0.4 is 4.74 Å². The first-order valence-corrected chi connectivity index (χ1v) is 7.65. The van der Waals surface area contributed by atoms with E-state index in [1.165, 1.54) is 0 Å². The van der Waals surface area contributed by atoms with E-state index in [4.69, 9.17) is 9.84 Å². The second-order valence-electron chi connectivity index (χ2n) is 5.08. The SMILES string of the molecule is O=C(O)CCCCCOc1ccc(N=Nc2ccccc2)cc1. The van der Waals surface area contributed by atoms with E-state index in [0.717, 1.165) is 30.0 Å². The topological polar surface area (TPSA) is 71.2 Å². The molecule has 0 fully saturated rings. The zero-order chi connectivity index (χ0) is 16.3. The summed E-state index contributed by atoms with van der Waals surface area (Å²) in [6, 6.07) is 17.0. The third-order valence-corrected chi connectivity index (χ3v) is 3.18. The fourth-order valence-corrected chi connectivity index (χ4v) is 1.96. The third kappa shape index (κ3) is 6.74. The molecule has 120 valence electrons. The summed E-state index contributed by atoms with van der Waals surface area (Å²) in [6.07, 6.45) is 2.62. The summed E-state index contributed by atoms with van der Waals surface area (Å²) < 4.78 is 5.61. The van der Waals surface area contributed by atoms with Crippen LogP contribution in [0.15, 0.2) is 64.8 Å². The van der Waals surface area contributed by atoms with E-state index < -0.39 is 5.97 Å². The Kier molecular flexibility index (Phi) is 6.78. The molecule has 0 atom stereocenters. The van der Waals surface area contributed by atoms with Gasteiger partial charge >= 0.3 is 5.97 Å². The Bertz CT molecular complexity index is 624. The Balaban J connectivity index is 1.72. The van der Waals surface area contributed by atoms with E-state index in [1.807, 2.05) is 54.6 Å². The number of benzene rings is 2. The molecule has 0 radical (unpaired) electrons. The number of hydrogen-bond donors (Lipinski definition) is 1. The Hall–Kier alpha value is -2.69. The molecule has 2 aromatic carbocycles. The molecule has 0 unspecified atom stereocenters. The normalized spacial score (nSPS) is 10.8. The second kappa shape index (κ2) is 9.35. The van der Waals surface area contributed by atoms with Gasteiger partial charge in [-0.25, -0.2) is 0 Å². The van der Waals surface area contributed by atoms with E-state index in [9.17, 15) is 4.79 Å². The minimum atomic E-state index is -0.744. The minimum absolute atomic E-state index is 0.223. The van der Waals surface area contributed by atoms with E-state index in [1.54, 1.807) is 0 Å². The Morgan fingerprint density at radius 3 is 2.17 bits per heavy atom. The van der Waals surface area contributed by atoms with Crippen LogP contribution in [-0.4, -0.2) is 17.7 Å². The molecule has 0 aliphatic rings. The van der Waals surface area contributed by atoms with Crippen LogP contribution in [-0.2, 0) is 4.79 Å².